The normalized spacial score (nSPS) is 14.2. The molecule has 3 aromatic carbocycles. The number of ether oxygens (including phenoxy) is 3. The van der Waals surface area contributed by atoms with E-state index >= 15 is 0 Å². The van der Waals surface area contributed by atoms with Crippen LogP contribution in [0.5, 0.6) is 11.5 Å². The van der Waals surface area contributed by atoms with Gasteiger partial charge in [-0.2, -0.15) is 0 Å². The van der Waals surface area contributed by atoms with E-state index in [1.165, 1.54) is 0 Å². The molecule has 0 aliphatic carbocycles. The summed E-state index contributed by atoms with van der Waals surface area (Å²) in [5.41, 5.74) is 2.02. The number of hydrogen-bond acceptors (Lipinski definition) is 5. The molecule has 0 radical (unpaired) electrons. The first-order chi connectivity index (χ1) is 16.3. The second-order valence-electron chi connectivity index (χ2n) is 7.14. The van der Waals surface area contributed by atoms with Gasteiger partial charge >= 0.3 is 5.97 Å². The molecule has 9 heteroatoms. The van der Waals surface area contributed by atoms with E-state index in [-0.39, 0.29) is 18.2 Å². The largest absolute Gasteiger partial charge is 0.490 e. The van der Waals surface area contributed by atoms with Gasteiger partial charge in [0.05, 0.1) is 22.2 Å². The van der Waals surface area contributed by atoms with Crippen LogP contribution >= 0.6 is 46.4 Å². The van der Waals surface area contributed by atoms with Crippen LogP contribution < -0.4 is 9.47 Å². The number of halogens is 4. The molecule has 0 fully saturated rings. The monoisotopic (exact) mass is 535 g/mol. The van der Waals surface area contributed by atoms with Crippen LogP contribution in [0, 0.1) is 0 Å². The summed E-state index contributed by atoms with van der Waals surface area (Å²) in [7, 11) is 0. The molecule has 0 spiro atoms. The van der Waals surface area contributed by atoms with Crippen molar-refractivity contribution in [1.29, 1.82) is 0 Å². The van der Waals surface area contributed by atoms with Crippen molar-refractivity contribution < 1.29 is 19.0 Å². The van der Waals surface area contributed by atoms with E-state index in [1.54, 1.807) is 42.5 Å². The lowest BCUT2D eigenvalue weighted by Crippen LogP contribution is -2.06. The van der Waals surface area contributed by atoms with E-state index in [2.05, 4.69) is 4.99 Å². The van der Waals surface area contributed by atoms with E-state index in [0.717, 1.165) is 5.56 Å². The average molecular weight is 537 g/mol. The summed E-state index contributed by atoms with van der Waals surface area (Å²) in [4.78, 5) is 16.7. The average Bonchev–Trinajstić information content (AvgIpc) is 3.13. The van der Waals surface area contributed by atoms with E-state index in [0.29, 0.717) is 49.3 Å². The number of nitrogens with zero attached hydrogens (tertiary/aromatic N) is 1. The van der Waals surface area contributed by atoms with Crippen LogP contribution in [0.2, 0.25) is 20.1 Å². The van der Waals surface area contributed by atoms with Crippen molar-refractivity contribution in [2.75, 3.05) is 6.61 Å². The van der Waals surface area contributed by atoms with Gasteiger partial charge in [0, 0.05) is 10.0 Å². The fourth-order valence-electron chi connectivity index (χ4n) is 3.20. The van der Waals surface area contributed by atoms with Crippen molar-refractivity contribution in [3.05, 3.63) is 97.1 Å². The number of carbonyl (C=O) groups is 1. The van der Waals surface area contributed by atoms with Crippen LogP contribution in [-0.2, 0) is 16.1 Å². The van der Waals surface area contributed by atoms with E-state index in [9.17, 15) is 4.79 Å². The van der Waals surface area contributed by atoms with Crippen LogP contribution in [-0.4, -0.2) is 18.5 Å². The summed E-state index contributed by atoms with van der Waals surface area (Å²) in [6.07, 6.45) is 1.55. The molecular weight excluding hydrogens is 520 g/mol. The molecule has 0 amide bonds. The summed E-state index contributed by atoms with van der Waals surface area (Å²) in [5, 5.41) is 1.71. The number of cyclic esters (lactones) is 1. The molecule has 3 aromatic rings. The number of hydrogen-bond donors (Lipinski definition) is 0. The molecule has 4 rings (SSSR count). The lowest BCUT2D eigenvalue weighted by atomic mass is 10.1. The Bertz CT molecular complexity index is 1320. The van der Waals surface area contributed by atoms with Gasteiger partial charge in [-0.05, 0) is 66.6 Å². The van der Waals surface area contributed by atoms with Crippen molar-refractivity contribution in [2.24, 2.45) is 4.99 Å². The molecular formula is C25H17Cl4NO4. The smallest absolute Gasteiger partial charge is 0.363 e. The SMILES string of the molecule is CCOc1cc(/C=C2\N=C(c3ccc(Cl)cc3Cl)OC2=O)cc(Cl)c1OCc1cccc(Cl)c1. The van der Waals surface area contributed by atoms with Crippen LogP contribution in [0.4, 0.5) is 0 Å². The molecule has 0 aromatic heterocycles. The summed E-state index contributed by atoms with van der Waals surface area (Å²) in [6, 6.07) is 15.5. The molecule has 0 N–H and O–H groups in total. The van der Waals surface area contributed by atoms with Gasteiger partial charge in [-0.3, -0.25) is 0 Å². The van der Waals surface area contributed by atoms with Crippen molar-refractivity contribution in [3.8, 4) is 11.5 Å². The van der Waals surface area contributed by atoms with Crippen molar-refractivity contribution >= 4 is 64.3 Å². The minimum absolute atomic E-state index is 0.0899. The standard InChI is InChI=1S/C25H17Cl4NO4/c1-2-32-22-11-15(9-20(29)23(22)33-13-14-4-3-5-16(26)8-14)10-21-25(31)34-24(30-21)18-7-6-17(27)12-19(18)28/h3-12H,2,13H2,1H3/b21-10-. The quantitative estimate of drug-likeness (QED) is 0.230. The van der Waals surface area contributed by atoms with E-state index in [1.807, 2.05) is 25.1 Å². The summed E-state index contributed by atoms with van der Waals surface area (Å²) < 4.78 is 17.0. The summed E-state index contributed by atoms with van der Waals surface area (Å²) in [5.74, 6) is 0.295. The lowest BCUT2D eigenvalue weighted by Gasteiger charge is -2.14. The fraction of sp³-hybridized carbons (Fsp3) is 0.120. The zero-order valence-electron chi connectivity index (χ0n) is 17.8. The Morgan fingerprint density at radius 3 is 2.47 bits per heavy atom. The van der Waals surface area contributed by atoms with Gasteiger partial charge in [-0.25, -0.2) is 9.79 Å². The Morgan fingerprint density at radius 1 is 0.941 bits per heavy atom. The highest BCUT2D eigenvalue weighted by molar-refractivity contribution is 6.37. The predicted octanol–water partition coefficient (Wildman–Crippen LogP) is 7.62. The molecule has 1 aliphatic heterocycles. The minimum atomic E-state index is -0.614. The minimum Gasteiger partial charge on any atom is -0.490 e. The predicted molar refractivity (Wildman–Crippen MR) is 135 cm³/mol. The molecule has 5 nitrogen and oxygen atoms in total. The Morgan fingerprint density at radius 2 is 1.74 bits per heavy atom. The van der Waals surface area contributed by atoms with Gasteiger partial charge < -0.3 is 14.2 Å². The highest BCUT2D eigenvalue weighted by Gasteiger charge is 2.26. The topological polar surface area (TPSA) is 57.1 Å². The van der Waals surface area contributed by atoms with E-state index in [4.69, 9.17) is 60.6 Å². The molecule has 34 heavy (non-hydrogen) atoms. The molecule has 0 bridgehead atoms. The molecule has 0 saturated heterocycles. The van der Waals surface area contributed by atoms with Gasteiger partial charge in [0.2, 0.25) is 5.90 Å². The van der Waals surface area contributed by atoms with Crippen molar-refractivity contribution in [2.45, 2.75) is 13.5 Å². The third-order valence-corrected chi connectivity index (χ3v) is 5.75. The Balaban J connectivity index is 1.62. The maximum absolute atomic E-state index is 12.4. The summed E-state index contributed by atoms with van der Waals surface area (Å²) in [6.45, 7) is 2.49. The number of aliphatic imine (C=N–C) groups is 1. The Labute approximate surface area is 216 Å². The van der Waals surface area contributed by atoms with Crippen LogP contribution in [0.25, 0.3) is 6.08 Å². The third-order valence-electron chi connectivity index (χ3n) is 4.69. The molecule has 0 atom stereocenters. The highest BCUT2D eigenvalue weighted by atomic mass is 35.5. The fourth-order valence-corrected chi connectivity index (χ4v) is 4.18. The first-order valence-corrected chi connectivity index (χ1v) is 11.7. The van der Waals surface area contributed by atoms with Crippen LogP contribution in [0.3, 0.4) is 0 Å². The Kier molecular flexibility index (Phi) is 7.69. The van der Waals surface area contributed by atoms with Crippen LogP contribution in [0.1, 0.15) is 23.6 Å². The number of carbonyl (C=O) groups excluding carboxylic acids is 1. The maximum atomic E-state index is 12.4. The zero-order valence-corrected chi connectivity index (χ0v) is 20.8. The third kappa shape index (κ3) is 5.68. The van der Waals surface area contributed by atoms with Gasteiger partial charge in [-0.15, -0.1) is 0 Å². The molecule has 1 heterocycles. The first kappa shape index (κ1) is 24.4. The molecule has 0 saturated carbocycles. The lowest BCUT2D eigenvalue weighted by molar-refractivity contribution is -0.129. The maximum Gasteiger partial charge on any atom is 0.363 e. The van der Waals surface area contributed by atoms with Crippen molar-refractivity contribution in [1.82, 2.24) is 0 Å². The van der Waals surface area contributed by atoms with E-state index < -0.39 is 5.97 Å². The first-order valence-electron chi connectivity index (χ1n) is 10.2. The summed E-state index contributed by atoms with van der Waals surface area (Å²) >= 11 is 24.7. The molecule has 0 unspecified atom stereocenters. The second-order valence-corrected chi connectivity index (χ2v) is 8.83. The van der Waals surface area contributed by atoms with Gasteiger partial charge in [-0.1, -0.05) is 58.5 Å². The van der Waals surface area contributed by atoms with Gasteiger partial charge in [0.25, 0.3) is 0 Å². The number of rotatable bonds is 7. The molecule has 174 valence electrons. The number of esters is 1. The van der Waals surface area contributed by atoms with Crippen molar-refractivity contribution in [3.63, 3.8) is 0 Å². The number of benzene rings is 3. The molecule has 1 aliphatic rings. The van der Waals surface area contributed by atoms with Crippen LogP contribution in [0.15, 0.2) is 65.3 Å². The zero-order chi connectivity index (χ0) is 24.2. The second kappa shape index (κ2) is 10.7. The van der Waals surface area contributed by atoms with Gasteiger partial charge in [0.1, 0.15) is 6.61 Å². The highest BCUT2D eigenvalue weighted by Crippen LogP contribution is 2.38. The van der Waals surface area contributed by atoms with Gasteiger partial charge in [0.15, 0.2) is 17.2 Å². The Hall–Kier alpha value is -2.70.